The molecule has 21 heavy (non-hydrogen) atoms. The molecule has 0 fully saturated rings. The summed E-state index contributed by atoms with van der Waals surface area (Å²) in [6.07, 6.45) is 2.81. The van der Waals surface area contributed by atoms with Crippen molar-refractivity contribution in [2.75, 3.05) is 6.26 Å². The molecule has 0 aliphatic carbocycles. The van der Waals surface area contributed by atoms with E-state index in [1.165, 1.54) is 4.40 Å². The first-order valence-electron chi connectivity index (χ1n) is 6.18. The van der Waals surface area contributed by atoms with Gasteiger partial charge in [-0.2, -0.15) is 0 Å². The van der Waals surface area contributed by atoms with Gasteiger partial charge in [-0.25, -0.2) is 18.4 Å². The van der Waals surface area contributed by atoms with Crippen LogP contribution < -0.4 is 0 Å². The maximum absolute atomic E-state index is 12.0. The third-order valence-corrected chi connectivity index (χ3v) is 4.70. The van der Waals surface area contributed by atoms with Crippen LogP contribution in [0.4, 0.5) is 0 Å². The zero-order chi connectivity index (χ0) is 15.2. The lowest BCUT2D eigenvalue weighted by molar-refractivity contribution is 0.590. The molecule has 0 atom stereocenters. The van der Waals surface area contributed by atoms with Gasteiger partial charge in [0, 0.05) is 18.0 Å². The zero-order valence-corrected chi connectivity index (χ0v) is 13.8. The number of aromatic nitrogens is 3. The van der Waals surface area contributed by atoms with E-state index in [4.69, 9.17) is 0 Å². The third-order valence-electron chi connectivity index (χ3n) is 3.02. The molecule has 0 aliphatic rings. The van der Waals surface area contributed by atoms with Crippen molar-refractivity contribution < 1.29 is 8.42 Å². The molecule has 5 nitrogen and oxygen atoms in total. The molecule has 0 saturated carbocycles. The molecule has 3 rings (SSSR count). The Morgan fingerprint density at radius 1 is 1.14 bits per heavy atom. The number of hydrogen-bond donors (Lipinski definition) is 0. The lowest BCUT2D eigenvalue weighted by Gasteiger charge is -2.09. The van der Waals surface area contributed by atoms with Crippen LogP contribution in [0.1, 0.15) is 5.69 Å². The molecule has 2 aromatic heterocycles. The highest BCUT2D eigenvalue weighted by Gasteiger charge is 2.21. The Hall–Kier alpha value is -1.73. The summed E-state index contributed by atoms with van der Waals surface area (Å²) in [7, 11) is -3.47. The maximum atomic E-state index is 12.0. The van der Waals surface area contributed by atoms with E-state index in [0.717, 1.165) is 17.5 Å². The van der Waals surface area contributed by atoms with Crippen molar-refractivity contribution in [3.63, 3.8) is 0 Å². The average Bonchev–Trinajstić information content (AvgIpc) is 2.81. The maximum Gasteiger partial charge on any atom is 0.233 e. The molecule has 1 aromatic carbocycles. The van der Waals surface area contributed by atoms with Gasteiger partial charge < -0.3 is 0 Å². The van der Waals surface area contributed by atoms with E-state index < -0.39 is 9.84 Å². The number of nitrogens with zero attached hydrogens (tertiary/aromatic N) is 3. The van der Waals surface area contributed by atoms with Crippen molar-refractivity contribution in [2.24, 2.45) is 0 Å². The molecular formula is C14H12BrN3O2S. The first kappa shape index (κ1) is 14.2. The Labute approximate surface area is 130 Å². The van der Waals surface area contributed by atoms with Gasteiger partial charge in [-0.1, -0.05) is 30.3 Å². The molecule has 0 bridgehead atoms. The van der Waals surface area contributed by atoms with Crippen LogP contribution in [0.25, 0.3) is 16.9 Å². The number of sulfone groups is 1. The van der Waals surface area contributed by atoms with Crippen LogP contribution in [0.2, 0.25) is 0 Å². The molecule has 0 aliphatic heterocycles. The summed E-state index contributed by atoms with van der Waals surface area (Å²) >= 11 is 3.49. The summed E-state index contributed by atoms with van der Waals surface area (Å²) < 4.78 is 26.2. The van der Waals surface area contributed by atoms with Crippen molar-refractivity contribution in [3.05, 3.63) is 46.7 Å². The minimum absolute atomic E-state index is 0.0137. The predicted octanol–water partition coefficient (Wildman–Crippen LogP) is 2.87. The number of aryl methyl sites for hydroxylation is 1. The first-order chi connectivity index (χ1) is 9.88. The predicted molar refractivity (Wildman–Crippen MR) is 84.0 cm³/mol. The molecule has 0 radical (unpaired) electrons. The van der Waals surface area contributed by atoms with Crippen LogP contribution in [0, 0.1) is 6.92 Å². The lowest BCUT2D eigenvalue weighted by Crippen LogP contribution is -2.09. The van der Waals surface area contributed by atoms with Gasteiger partial charge in [0.2, 0.25) is 15.0 Å². The molecule has 0 N–H and O–H groups in total. The smallest absolute Gasteiger partial charge is 0.233 e. The largest absolute Gasteiger partial charge is 0.273 e. The number of fused-ring (bicyclic) bond motifs is 1. The highest BCUT2D eigenvalue weighted by molar-refractivity contribution is 9.10. The van der Waals surface area contributed by atoms with Gasteiger partial charge in [-0.3, -0.25) is 4.40 Å². The molecule has 0 amide bonds. The SMILES string of the molecule is Cc1cn2c(S(C)(=O)=O)nc(-c3ccccc3)c(Br)c2n1. The van der Waals surface area contributed by atoms with Crippen LogP contribution in [-0.2, 0) is 9.84 Å². The fourth-order valence-electron chi connectivity index (χ4n) is 2.15. The summed E-state index contributed by atoms with van der Waals surface area (Å²) in [6.45, 7) is 1.81. The number of rotatable bonds is 2. The standard InChI is InChI=1S/C14H12BrN3O2S/c1-9-8-18-13(16-9)11(15)12(10-6-4-3-5-7-10)17-14(18)21(2,19)20/h3-8H,1-2H3. The van der Waals surface area contributed by atoms with Crippen LogP contribution >= 0.6 is 15.9 Å². The van der Waals surface area contributed by atoms with Crippen molar-refractivity contribution in [1.82, 2.24) is 14.4 Å². The Morgan fingerprint density at radius 2 is 1.81 bits per heavy atom. The Kier molecular flexibility index (Phi) is 3.33. The van der Waals surface area contributed by atoms with Crippen molar-refractivity contribution >= 4 is 31.4 Å². The highest BCUT2D eigenvalue weighted by Crippen LogP contribution is 2.31. The third kappa shape index (κ3) is 2.47. The van der Waals surface area contributed by atoms with Crippen LogP contribution in [0.15, 0.2) is 46.2 Å². The lowest BCUT2D eigenvalue weighted by atomic mass is 10.1. The molecule has 0 saturated heterocycles. The number of benzene rings is 1. The molecule has 3 aromatic rings. The van der Waals surface area contributed by atoms with E-state index in [-0.39, 0.29) is 5.16 Å². The van der Waals surface area contributed by atoms with Gasteiger partial charge in [0.1, 0.15) is 0 Å². The van der Waals surface area contributed by atoms with Crippen molar-refractivity contribution in [3.8, 4) is 11.3 Å². The summed E-state index contributed by atoms with van der Waals surface area (Å²) in [5.41, 5.74) is 2.67. The van der Waals surface area contributed by atoms with Gasteiger partial charge in [0.05, 0.1) is 15.9 Å². The molecule has 0 unspecified atom stereocenters. The van der Waals surface area contributed by atoms with E-state index in [1.54, 1.807) is 6.20 Å². The van der Waals surface area contributed by atoms with E-state index in [9.17, 15) is 8.42 Å². The second kappa shape index (κ2) is 4.92. The zero-order valence-electron chi connectivity index (χ0n) is 11.4. The van der Waals surface area contributed by atoms with Crippen LogP contribution in [-0.4, -0.2) is 29.0 Å². The molecule has 7 heteroatoms. The molecule has 2 heterocycles. The van der Waals surface area contributed by atoms with Gasteiger partial charge in [-0.05, 0) is 22.9 Å². The summed E-state index contributed by atoms with van der Waals surface area (Å²) in [6, 6.07) is 9.42. The van der Waals surface area contributed by atoms with E-state index >= 15 is 0 Å². The van der Waals surface area contributed by atoms with Gasteiger partial charge in [-0.15, -0.1) is 0 Å². The second-order valence-corrected chi connectivity index (χ2v) is 7.47. The average molecular weight is 366 g/mol. The fraction of sp³-hybridized carbons (Fsp3) is 0.143. The quantitative estimate of drug-likeness (QED) is 0.655. The van der Waals surface area contributed by atoms with E-state index in [2.05, 4.69) is 25.9 Å². The monoisotopic (exact) mass is 365 g/mol. The Balaban J connectivity index is 2.45. The van der Waals surface area contributed by atoms with Crippen LogP contribution in [0.3, 0.4) is 0 Å². The summed E-state index contributed by atoms with van der Waals surface area (Å²) in [4.78, 5) is 8.73. The second-order valence-electron chi connectivity index (χ2n) is 4.77. The molecular weight excluding hydrogens is 354 g/mol. The van der Waals surface area contributed by atoms with E-state index in [0.29, 0.717) is 15.8 Å². The van der Waals surface area contributed by atoms with Crippen molar-refractivity contribution in [1.29, 1.82) is 0 Å². The fourth-order valence-corrected chi connectivity index (χ4v) is 3.50. The number of imidazole rings is 1. The Bertz CT molecular complexity index is 934. The van der Waals surface area contributed by atoms with Crippen molar-refractivity contribution in [2.45, 2.75) is 12.1 Å². The van der Waals surface area contributed by atoms with Gasteiger partial charge >= 0.3 is 0 Å². The molecule has 108 valence electrons. The highest BCUT2D eigenvalue weighted by atomic mass is 79.9. The number of hydrogen-bond acceptors (Lipinski definition) is 4. The normalized spacial score (nSPS) is 12.0. The first-order valence-corrected chi connectivity index (χ1v) is 8.87. The Morgan fingerprint density at radius 3 is 2.43 bits per heavy atom. The summed E-state index contributed by atoms with van der Waals surface area (Å²) in [5.74, 6) is 0. The minimum Gasteiger partial charge on any atom is -0.273 e. The minimum atomic E-state index is -3.47. The van der Waals surface area contributed by atoms with Crippen LogP contribution in [0.5, 0.6) is 0 Å². The topological polar surface area (TPSA) is 64.3 Å². The van der Waals surface area contributed by atoms with Gasteiger partial charge in [0.25, 0.3) is 0 Å². The summed E-state index contributed by atoms with van der Waals surface area (Å²) in [5, 5.41) is -0.0137. The number of halogens is 1. The van der Waals surface area contributed by atoms with Gasteiger partial charge in [0.15, 0.2) is 5.65 Å². The van der Waals surface area contributed by atoms with E-state index in [1.807, 2.05) is 37.3 Å². The molecule has 0 spiro atoms.